The predicted octanol–water partition coefficient (Wildman–Crippen LogP) is 4.19. The fraction of sp³-hybridized carbons (Fsp3) is 0.250. The molecule has 0 aromatic carbocycles. The first-order chi connectivity index (χ1) is 12.0. The van der Waals surface area contributed by atoms with Gasteiger partial charge in [-0.15, -0.1) is 11.3 Å². The van der Waals surface area contributed by atoms with E-state index < -0.39 is 11.9 Å². The lowest BCUT2D eigenvalue weighted by atomic mass is 10.2. The largest absolute Gasteiger partial charge is 0.433 e. The number of thiazole rings is 1. The van der Waals surface area contributed by atoms with Gasteiger partial charge in [-0.1, -0.05) is 6.92 Å². The Balaban J connectivity index is 1.89. The van der Waals surface area contributed by atoms with Crippen molar-refractivity contribution in [3.63, 3.8) is 0 Å². The SMILES string of the molecule is CCc1nc(CNc2cc(C(F)(F)F)nc(-c3ccncc3)n2)cs1. The van der Waals surface area contributed by atoms with Crippen LogP contribution < -0.4 is 5.32 Å². The van der Waals surface area contributed by atoms with Crippen molar-refractivity contribution >= 4 is 17.2 Å². The van der Waals surface area contributed by atoms with Gasteiger partial charge >= 0.3 is 6.18 Å². The highest BCUT2D eigenvalue weighted by Crippen LogP contribution is 2.30. The quantitative estimate of drug-likeness (QED) is 0.735. The summed E-state index contributed by atoms with van der Waals surface area (Å²) in [5.41, 5.74) is 0.231. The lowest BCUT2D eigenvalue weighted by molar-refractivity contribution is -0.141. The molecule has 0 fully saturated rings. The molecule has 0 atom stereocenters. The zero-order chi connectivity index (χ0) is 17.9. The van der Waals surface area contributed by atoms with Crippen molar-refractivity contribution in [3.05, 3.63) is 52.4 Å². The highest BCUT2D eigenvalue weighted by Gasteiger charge is 2.33. The van der Waals surface area contributed by atoms with Gasteiger partial charge in [-0.2, -0.15) is 13.2 Å². The summed E-state index contributed by atoms with van der Waals surface area (Å²) in [5, 5.41) is 5.75. The summed E-state index contributed by atoms with van der Waals surface area (Å²) in [6.45, 7) is 2.29. The number of rotatable bonds is 5. The molecule has 0 radical (unpaired) electrons. The standard InChI is InChI=1S/C16H14F3N5S/c1-2-14-22-11(9-25-14)8-21-13-7-12(16(17,18)19)23-15(24-13)10-3-5-20-6-4-10/h3-7,9H,2,8H2,1H3,(H,21,23,24). The van der Waals surface area contributed by atoms with Crippen molar-refractivity contribution in [2.24, 2.45) is 0 Å². The molecule has 0 saturated heterocycles. The van der Waals surface area contributed by atoms with Gasteiger partial charge in [-0.3, -0.25) is 4.98 Å². The topological polar surface area (TPSA) is 63.6 Å². The molecule has 9 heteroatoms. The molecule has 3 heterocycles. The Bertz CT molecular complexity index is 848. The molecule has 3 aromatic heterocycles. The summed E-state index contributed by atoms with van der Waals surface area (Å²) in [5.74, 6) is 0.0902. The van der Waals surface area contributed by atoms with Crippen molar-refractivity contribution in [1.82, 2.24) is 19.9 Å². The Morgan fingerprint density at radius 2 is 1.88 bits per heavy atom. The molecule has 0 aliphatic carbocycles. The average molecular weight is 365 g/mol. The van der Waals surface area contributed by atoms with Crippen LogP contribution in [0.5, 0.6) is 0 Å². The fourth-order valence-electron chi connectivity index (χ4n) is 2.09. The number of hydrogen-bond acceptors (Lipinski definition) is 6. The molecule has 0 bridgehead atoms. The van der Waals surface area contributed by atoms with Gasteiger partial charge in [-0.05, 0) is 18.6 Å². The number of aryl methyl sites for hydroxylation is 1. The first-order valence-electron chi connectivity index (χ1n) is 7.49. The number of nitrogens with zero attached hydrogens (tertiary/aromatic N) is 4. The first kappa shape index (κ1) is 17.3. The number of halogens is 3. The molecule has 3 rings (SSSR count). The summed E-state index contributed by atoms with van der Waals surface area (Å²) in [6.07, 6.45) is -0.777. The monoisotopic (exact) mass is 365 g/mol. The van der Waals surface area contributed by atoms with Gasteiger partial charge in [0.05, 0.1) is 17.2 Å². The molecule has 0 amide bonds. The van der Waals surface area contributed by atoms with E-state index in [1.807, 2.05) is 12.3 Å². The van der Waals surface area contributed by atoms with Crippen molar-refractivity contribution in [1.29, 1.82) is 0 Å². The highest BCUT2D eigenvalue weighted by atomic mass is 32.1. The van der Waals surface area contributed by atoms with Gasteiger partial charge in [0, 0.05) is 29.4 Å². The van der Waals surface area contributed by atoms with Gasteiger partial charge in [0.25, 0.3) is 0 Å². The number of hydrogen-bond donors (Lipinski definition) is 1. The van der Waals surface area contributed by atoms with Gasteiger partial charge < -0.3 is 5.32 Å². The normalized spacial score (nSPS) is 11.5. The van der Waals surface area contributed by atoms with Crippen molar-refractivity contribution < 1.29 is 13.2 Å². The van der Waals surface area contributed by atoms with Crippen molar-refractivity contribution in [3.8, 4) is 11.4 Å². The van der Waals surface area contributed by atoms with Crippen LogP contribution in [0.3, 0.4) is 0 Å². The average Bonchev–Trinajstić information content (AvgIpc) is 3.08. The molecular weight excluding hydrogens is 351 g/mol. The van der Waals surface area contributed by atoms with Crippen LogP contribution >= 0.6 is 11.3 Å². The maximum absolute atomic E-state index is 13.1. The molecule has 1 N–H and O–H groups in total. The summed E-state index contributed by atoms with van der Waals surface area (Å²) in [4.78, 5) is 16.0. The van der Waals surface area contributed by atoms with Gasteiger partial charge in [0.2, 0.25) is 0 Å². The molecule has 3 aromatic rings. The Morgan fingerprint density at radius 1 is 1.12 bits per heavy atom. The number of nitrogens with one attached hydrogen (secondary N) is 1. The summed E-state index contributed by atoms with van der Waals surface area (Å²) >= 11 is 1.52. The van der Waals surface area contributed by atoms with Crippen LogP contribution in [0.25, 0.3) is 11.4 Å². The molecule has 0 aliphatic rings. The van der Waals surface area contributed by atoms with E-state index in [0.717, 1.165) is 23.2 Å². The van der Waals surface area contributed by atoms with E-state index in [2.05, 4.69) is 25.3 Å². The van der Waals surface area contributed by atoms with Gasteiger partial charge in [-0.25, -0.2) is 15.0 Å². The summed E-state index contributed by atoms with van der Waals surface area (Å²) in [7, 11) is 0. The van der Waals surface area contributed by atoms with Gasteiger partial charge in [0.1, 0.15) is 5.82 Å². The van der Waals surface area contributed by atoms with Crippen LogP contribution in [0.4, 0.5) is 19.0 Å². The van der Waals surface area contributed by atoms with E-state index in [4.69, 9.17) is 0 Å². The molecular formula is C16H14F3N5S. The lowest BCUT2D eigenvalue weighted by Gasteiger charge is -2.11. The third-order valence-electron chi connectivity index (χ3n) is 3.31. The lowest BCUT2D eigenvalue weighted by Crippen LogP contribution is -2.12. The Morgan fingerprint density at radius 3 is 2.52 bits per heavy atom. The smallest absolute Gasteiger partial charge is 0.364 e. The zero-order valence-corrected chi connectivity index (χ0v) is 14.0. The van der Waals surface area contributed by atoms with Crippen molar-refractivity contribution in [2.45, 2.75) is 26.1 Å². The number of aromatic nitrogens is 4. The summed E-state index contributed by atoms with van der Waals surface area (Å²) < 4.78 is 39.4. The van der Waals surface area contributed by atoms with Crippen LogP contribution in [0.15, 0.2) is 36.0 Å². The van der Waals surface area contributed by atoms with Crippen LogP contribution in [0.1, 0.15) is 23.3 Å². The predicted molar refractivity (Wildman–Crippen MR) is 89.1 cm³/mol. The second-order valence-corrected chi connectivity index (χ2v) is 6.08. The molecule has 0 saturated carbocycles. The molecule has 0 spiro atoms. The van der Waals surface area contributed by atoms with E-state index in [0.29, 0.717) is 12.1 Å². The molecule has 25 heavy (non-hydrogen) atoms. The van der Waals surface area contributed by atoms with Crippen LogP contribution in [0, 0.1) is 0 Å². The van der Waals surface area contributed by atoms with E-state index in [9.17, 15) is 13.2 Å². The third-order valence-corrected chi connectivity index (χ3v) is 4.35. The third kappa shape index (κ3) is 4.30. The molecule has 130 valence electrons. The number of anilines is 1. The first-order valence-corrected chi connectivity index (χ1v) is 8.37. The maximum atomic E-state index is 13.1. The molecule has 5 nitrogen and oxygen atoms in total. The summed E-state index contributed by atoms with van der Waals surface area (Å²) in [6, 6.07) is 4.03. The number of alkyl halides is 3. The highest BCUT2D eigenvalue weighted by molar-refractivity contribution is 7.09. The minimum absolute atomic E-state index is 0.00718. The van der Waals surface area contributed by atoms with Crippen LogP contribution in [0.2, 0.25) is 0 Å². The van der Waals surface area contributed by atoms with Crippen LogP contribution in [-0.2, 0) is 19.1 Å². The molecule has 0 unspecified atom stereocenters. The Kier molecular flexibility index (Phi) is 4.93. The number of pyridine rings is 1. The van der Waals surface area contributed by atoms with Crippen molar-refractivity contribution in [2.75, 3.05) is 5.32 Å². The van der Waals surface area contributed by atoms with E-state index in [1.165, 1.54) is 23.7 Å². The van der Waals surface area contributed by atoms with E-state index in [1.54, 1.807) is 12.1 Å². The zero-order valence-electron chi connectivity index (χ0n) is 13.2. The minimum Gasteiger partial charge on any atom is -0.364 e. The Hall–Kier alpha value is -2.55. The second kappa shape index (κ2) is 7.14. The Labute approximate surface area is 146 Å². The second-order valence-electron chi connectivity index (χ2n) is 5.14. The van der Waals surface area contributed by atoms with Gasteiger partial charge in [0.15, 0.2) is 11.5 Å². The van der Waals surface area contributed by atoms with E-state index in [-0.39, 0.29) is 11.6 Å². The minimum atomic E-state index is -4.56. The van der Waals surface area contributed by atoms with Crippen LogP contribution in [-0.4, -0.2) is 19.9 Å². The molecule has 0 aliphatic heterocycles. The maximum Gasteiger partial charge on any atom is 0.433 e. The van der Waals surface area contributed by atoms with E-state index >= 15 is 0 Å². The fourth-order valence-corrected chi connectivity index (χ4v) is 2.83.